The number of aliphatic hydroxyl groups is 1. The Morgan fingerprint density at radius 2 is 2.00 bits per heavy atom. The topological polar surface area (TPSA) is 110 Å². The minimum atomic E-state index is -4.68. The van der Waals surface area contributed by atoms with E-state index in [-0.39, 0.29) is 29.0 Å². The molecule has 2 N–H and O–H groups in total. The van der Waals surface area contributed by atoms with Gasteiger partial charge in [-0.05, 0) is 31.4 Å². The number of rotatable bonds is 7. The number of ether oxygens (including phenoxy) is 1. The molecule has 1 saturated carbocycles. The van der Waals surface area contributed by atoms with Crippen molar-refractivity contribution in [2.45, 2.75) is 39.1 Å². The second-order valence-electron chi connectivity index (χ2n) is 8.18. The summed E-state index contributed by atoms with van der Waals surface area (Å²) in [6.07, 6.45) is 0.930. The monoisotopic (exact) mass is 496 g/mol. The van der Waals surface area contributed by atoms with Crippen LogP contribution in [0.1, 0.15) is 30.5 Å². The highest BCUT2D eigenvalue weighted by molar-refractivity contribution is 6.33. The molecule has 34 heavy (non-hydrogen) atoms. The lowest BCUT2D eigenvalue weighted by molar-refractivity contribution is -0.157. The summed E-state index contributed by atoms with van der Waals surface area (Å²) in [6.45, 7) is 1.11. The Hall–Kier alpha value is -3.18. The van der Waals surface area contributed by atoms with Crippen LogP contribution in [0.15, 0.2) is 30.7 Å². The molecule has 0 amide bonds. The van der Waals surface area contributed by atoms with Gasteiger partial charge in [0.1, 0.15) is 24.4 Å². The molecule has 3 heterocycles. The Morgan fingerprint density at radius 1 is 1.26 bits per heavy atom. The van der Waals surface area contributed by atoms with Crippen LogP contribution in [0.25, 0.3) is 22.6 Å². The van der Waals surface area contributed by atoms with Crippen molar-refractivity contribution >= 4 is 17.6 Å². The van der Waals surface area contributed by atoms with Gasteiger partial charge >= 0.3 is 12.1 Å². The number of carboxylic acid groups (broad SMARTS) is 1. The van der Waals surface area contributed by atoms with Crippen molar-refractivity contribution in [3.05, 3.63) is 47.0 Å². The van der Waals surface area contributed by atoms with Crippen molar-refractivity contribution < 1.29 is 32.9 Å². The molecule has 0 spiro atoms. The van der Waals surface area contributed by atoms with Crippen LogP contribution in [0.2, 0.25) is 5.02 Å². The molecule has 4 rings (SSSR count). The zero-order chi connectivity index (χ0) is 24.7. The summed E-state index contributed by atoms with van der Waals surface area (Å²) in [5, 5.41) is 18.9. The number of halogens is 4. The second kappa shape index (κ2) is 8.88. The van der Waals surface area contributed by atoms with Crippen LogP contribution in [0.4, 0.5) is 13.2 Å². The minimum absolute atomic E-state index is 0.0139. The Balaban J connectivity index is 1.57. The fourth-order valence-corrected chi connectivity index (χ4v) is 4.00. The van der Waals surface area contributed by atoms with Gasteiger partial charge in [0.2, 0.25) is 5.88 Å². The highest BCUT2D eigenvalue weighted by Crippen LogP contribution is 2.41. The standard InChI is InChI=1S/C22H20ClF3N4O4/c1-12-5-17(34-10-21(20(32)33)3-2-4-21)27-8-14(12)13-6-15(23)18(28-7-13)19-29-16(22(24,25)26)9-30(19)11-31/h5-9,31H,2-4,10-11H2,1H3,(H,32,33). The third-order valence-corrected chi connectivity index (χ3v) is 6.22. The fourth-order valence-electron chi connectivity index (χ4n) is 3.75. The molecule has 180 valence electrons. The van der Waals surface area contributed by atoms with E-state index in [2.05, 4.69) is 15.0 Å². The van der Waals surface area contributed by atoms with E-state index in [0.29, 0.717) is 30.2 Å². The smallest absolute Gasteiger partial charge is 0.434 e. The van der Waals surface area contributed by atoms with Gasteiger partial charge in [-0.25, -0.2) is 9.97 Å². The van der Waals surface area contributed by atoms with E-state index in [1.165, 1.54) is 18.5 Å². The summed E-state index contributed by atoms with van der Waals surface area (Å²) >= 11 is 6.32. The predicted molar refractivity (Wildman–Crippen MR) is 115 cm³/mol. The van der Waals surface area contributed by atoms with Crippen molar-refractivity contribution in [1.29, 1.82) is 0 Å². The summed E-state index contributed by atoms with van der Waals surface area (Å²) in [7, 11) is 0. The molecule has 12 heteroatoms. The van der Waals surface area contributed by atoms with Crippen molar-refractivity contribution in [2.75, 3.05) is 6.61 Å². The summed E-state index contributed by atoms with van der Waals surface area (Å²) in [6, 6.07) is 3.19. The maximum absolute atomic E-state index is 13.0. The number of aromatic nitrogens is 4. The normalized spacial score (nSPS) is 15.1. The Labute approximate surface area is 197 Å². The molecule has 0 unspecified atom stereocenters. The number of carboxylic acids is 1. The highest BCUT2D eigenvalue weighted by Gasteiger charge is 2.45. The average molecular weight is 497 g/mol. The molecule has 0 aromatic carbocycles. The minimum Gasteiger partial charge on any atom is -0.481 e. The maximum atomic E-state index is 13.0. The van der Waals surface area contributed by atoms with Crippen molar-refractivity contribution in [3.63, 3.8) is 0 Å². The number of carbonyl (C=O) groups is 1. The lowest BCUT2D eigenvalue weighted by atomic mass is 9.69. The molecule has 3 aromatic rings. The molecule has 0 radical (unpaired) electrons. The molecule has 0 bridgehead atoms. The van der Waals surface area contributed by atoms with Gasteiger partial charge in [-0.3, -0.25) is 9.78 Å². The molecule has 0 atom stereocenters. The SMILES string of the molecule is Cc1cc(OCC2(C(=O)O)CCC2)ncc1-c1cnc(-c2nc(C(F)(F)F)cn2CO)c(Cl)c1. The van der Waals surface area contributed by atoms with Crippen LogP contribution in [-0.4, -0.2) is 42.3 Å². The number of nitrogens with zero attached hydrogens (tertiary/aromatic N) is 4. The summed E-state index contributed by atoms with van der Waals surface area (Å²) in [4.78, 5) is 23.5. The van der Waals surface area contributed by atoms with E-state index >= 15 is 0 Å². The molecule has 1 aliphatic carbocycles. The third kappa shape index (κ3) is 4.45. The number of aryl methyl sites for hydroxylation is 1. The number of hydrogen-bond donors (Lipinski definition) is 2. The first-order valence-electron chi connectivity index (χ1n) is 10.3. The molecule has 3 aromatic heterocycles. The lowest BCUT2D eigenvalue weighted by Gasteiger charge is -2.36. The van der Waals surface area contributed by atoms with Gasteiger partial charge in [0, 0.05) is 35.8 Å². The first kappa shape index (κ1) is 24.0. The number of alkyl halides is 3. The quantitative estimate of drug-likeness (QED) is 0.493. The van der Waals surface area contributed by atoms with Gasteiger partial charge < -0.3 is 19.5 Å². The van der Waals surface area contributed by atoms with Crippen molar-refractivity contribution in [2.24, 2.45) is 5.41 Å². The van der Waals surface area contributed by atoms with E-state index < -0.39 is 30.0 Å². The van der Waals surface area contributed by atoms with E-state index in [9.17, 15) is 28.2 Å². The average Bonchev–Trinajstić information content (AvgIpc) is 3.17. The Kier molecular flexibility index (Phi) is 6.26. The second-order valence-corrected chi connectivity index (χ2v) is 8.59. The Morgan fingerprint density at radius 3 is 2.53 bits per heavy atom. The third-order valence-electron chi connectivity index (χ3n) is 5.93. The largest absolute Gasteiger partial charge is 0.481 e. The molecule has 0 saturated heterocycles. The van der Waals surface area contributed by atoms with Gasteiger partial charge in [0.05, 0.1) is 5.02 Å². The van der Waals surface area contributed by atoms with Crippen molar-refractivity contribution in [3.8, 4) is 28.5 Å². The molecule has 8 nitrogen and oxygen atoms in total. The van der Waals surface area contributed by atoms with Crippen LogP contribution in [-0.2, 0) is 17.7 Å². The number of imidazole rings is 1. The van der Waals surface area contributed by atoms with Gasteiger partial charge in [-0.1, -0.05) is 18.0 Å². The number of aliphatic carboxylic acids is 1. The summed E-state index contributed by atoms with van der Waals surface area (Å²) in [5.41, 5.74) is -0.0744. The zero-order valence-electron chi connectivity index (χ0n) is 17.9. The predicted octanol–water partition coefficient (Wildman–Crippen LogP) is 4.57. The van der Waals surface area contributed by atoms with Crippen LogP contribution in [0.3, 0.4) is 0 Å². The van der Waals surface area contributed by atoms with Gasteiger partial charge in [0.15, 0.2) is 11.5 Å². The van der Waals surface area contributed by atoms with Crippen LogP contribution in [0, 0.1) is 12.3 Å². The molecular formula is C22H20ClF3N4O4. The molecule has 1 aliphatic rings. The van der Waals surface area contributed by atoms with E-state index in [1.807, 2.05) is 0 Å². The van der Waals surface area contributed by atoms with Gasteiger partial charge in [-0.2, -0.15) is 13.2 Å². The van der Waals surface area contributed by atoms with Crippen LogP contribution >= 0.6 is 11.6 Å². The number of pyridine rings is 2. The highest BCUT2D eigenvalue weighted by atomic mass is 35.5. The first-order valence-corrected chi connectivity index (χ1v) is 10.7. The Bertz CT molecular complexity index is 1240. The molecule has 0 aliphatic heterocycles. The summed E-state index contributed by atoms with van der Waals surface area (Å²) in [5.74, 6) is -0.806. The van der Waals surface area contributed by atoms with E-state index in [1.54, 1.807) is 13.0 Å². The van der Waals surface area contributed by atoms with Crippen LogP contribution in [0.5, 0.6) is 5.88 Å². The molecule has 1 fully saturated rings. The van der Waals surface area contributed by atoms with E-state index in [0.717, 1.165) is 16.6 Å². The van der Waals surface area contributed by atoms with Crippen molar-refractivity contribution in [1.82, 2.24) is 19.5 Å². The molecular weight excluding hydrogens is 477 g/mol. The van der Waals surface area contributed by atoms with Gasteiger partial charge in [0.25, 0.3) is 0 Å². The number of hydrogen-bond acceptors (Lipinski definition) is 6. The first-order chi connectivity index (χ1) is 16.0. The number of aliphatic hydroxyl groups excluding tert-OH is 1. The lowest BCUT2D eigenvalue weighted by Crippen LogP contribution is -2.43. The zero-order valence-corrected chi connectivity index (χ0v) is 18.7. The van der Waals surface area contributed by atoms with E-state index in [4.69, 9.17) is 16.3 Å². The van der Waals surface area contributed by atoms with Gasteiger partial charge in [-0.15, -0.1) is 0 Å². The fraction of sp³-hybridized carbons (Fsp3) is 0.364. The maximum Gasteiger partial charge on any atom is 0.434 e. The van der Waals surface area contributed by atoms with Crippen LogP contribution < -0.4 is 4.74 Å². The summed E-state index contributed by atoms with van der Waals surface area (Å²) < 4.78 is 45.6.